The standard InChI is InChI=1S/C15H17FN2O3/c1-3-8-21-14(19)12-9(2)17-15(20)18-13(12)10-4-6-11(16)7-5-10/h4-7,13H,3,8H2,1-2H3,(H2,17,18,20). The van der Waals surface area contributed by atoms with Gasteiger partial charge in [0, 0.05) is 5.70 Å². The number of benzene rings is 1. The average Bonchev–Trinajstić information content (AvgIpc) is 2.44. The van der Waals surface area contributed by atoms with E-state index in [1.807, 2.05) is 6.92 Å². The molecule has 5 nitrogen and oxygen atoms in total. The van der Waals surface area contributed by atoms with E-state index >= 15 is 0 Å². The van der Waals surface area contributed by atoms with Gasteiger partial charge in [0.05, 0.1) is 18.2 Å². The maximum absolute atomic E-state index is 13.0. The SMILES string of the molecule is CCCOC(=O)C1=C(C)NC(=O)NC1c1ccc(F)cc1. The molecule has 1 aromatic rings. The Hall–Kier alpha value is -2.37. The Balaban J connectivity index is 2.35. The number of esters is 1. The minimum absolute atomic E-state index is 0.305. The van der Waals surface area contributed by atoms with Crippen molar-refractivity contribution in [3.8, 4) is 0 Å². The number of allylic oxidation sites excluding steroid dienone is 1. The van der Waals surface area contributed by atoms with Crippen molar-refractivity contribution in [2.45, 2.75) is 26.3 Å². The molecule has 1 aliphatic rings. The first-order valence-electron chi connectivity index (χ1n) is 6.73. The monoisotopic (exact) mass is 292 g/mol. The number of ether oxygens (including phenoxy) is 1. The lowest BCUT2D eigenvalue weighted by Crippen LogP contribution is -2.45. The number of urea groups is 1. The van der Waals surface area contributed by atoms with E-state index in [1.165, 1.54) is 24.3 Å². The highest BCUT2D eigenvalue weighted by atomic mass is 19.1. The molecule has 0 aliphatic carbocycles. The Morgan fingerprint density at radius 1 is 1.33 bits per heavy atom. The third-order valence-electron chi connectivity index (χ3n) is 3.13. The highest BCUT2D eigenvalue weighted by Gasteiger charge is 2.32. The molecule has 1 aliphatic heterocycles. The first kappa shape index (κ1) is 15.0. The number of rotatable bonds is 4. The Bertz CT molecular complexity index is 581. The van der Waals surface area contributed by atoms with Gasteiger partial charge >= 0.3 is 12.0 Å². The van der Waals surface area contributed by atoms with Crippen molar-refractivity contribution in [1.29, 1.82) is 0 Å². The van der Waals surface area contributed by atoms with Gasteiger partial charge in [-0.05, 0) is 31.0 Å². The molecule has 0 saturated heterocycles. The van der Waals surface area contributed by atoms with Crippen molar-refractivity contribution in [3.05, 3.63) is 46.9 Å². The predicted octanol–water partition coefficient (Wildman–Crippen LogP) is 2.41. The van der Waals surface area contributed by atoms with Crippen molar-refractivity contribution in [2.75, 3.05) is 6.61 Å². The predicted molar refractivity (Wildman–Crippen MR) is 74.8 cm³/mol. The van der Waals surface area contributed by atoms with Crippen molar-refractivity contribution in [2.24, 2.45) is 0 Å². The summed E-state index contributed by atoms with van der Waals surface area (Å²) in [7, 11) is 0. The van der Waals surface area contributed by atoms with Gasteiger partial charge in [-0.1, -0.05) is 19.1 Å². The van der Waals surface area contributed by atoms with E-state index < -0.39 is 18.0 Å². The van der Waals surface area contributed by atoms with E-state index in [1.54, 1.807) is 6.92 Å². The topological polar surface area (TPSA) is 67.4 Å². The van der Waals surface area contributed by atoms with Crippen LogP contribution >= 0.6 is 0 Å². The molecule has 2 N–H and O–H groups in total. The van der Waals surface area contributed by atoms with Crippen molar-refractivity contribution in [1.82, 2.24) is 10.6 Å². The molecule has 0 bridgehead atoms. The molecule has 0 aromatic heterocycles. The molecule has 0 spiro atoms. The van der Waals surface area contributed by atoms with Gasteiger partial charge in [-0.2, -0.15) is 0 Å². The maximum atomic E-state index is 13.0. The zero-order valence-corrected chi connectivity index (χ0v) is 11.9. The Morgan fingerprint density at radius 2 is 2.00 bits per heavy atom. The van der Waals surface area contributed by atoms with E-state index in [-0.39, 0.29) is 5.82 Å². The largest absolute Gasteiger partial charge is 0.462 e. The molecule has 21 heavy (non-hydrogen) atoms. The summed E-state index contributed by atoms with van der Waals surface area (Å²) in [6.07, 6.45) is 0.707. The van der Waals surface area contributed by atoms with Crippen molar-refractivity contribution in [3.63, 3.8) is 0 Å². The summed E-state index contributed by atoms with van der Waals surface area (Å²) >= 11 is 0. The molecule has 1 atom stereocenters. The highest BCUT2D eigenvalue weighted by molar-refractivity contribution is 5.95. The van der Waals surface area contributed by atoms with Crippen LogP contribution in [0.3, 0.4) is 0 Å². The highest BCUT2D eigenvalue weighted by Crippen LogP contribution is 2.27. The van der Waals surface area contributed by atoms with Gasteiger partial charge in [0.25, 0.3) is 0 Å². The molecule has 1 heterocycles. The van der Waals surface area contributed by atoms with Crippen LogP contribution in [0.25, 0.3) is 0 Å². The van der Waals surface area contributed by atoms with E-state index in [4.69, 9.17) is 4.74 Å². The lowest BCUT2D eigenvalue weighted by atomic mass is 9.95. The average molecular weight is 292 g/mol. The molecule has 0 radical (unpaired) electrons. The molecule has 2 amide bonds. The van der Waals surface area contributed by atoms with Gasteiger partial charge in [0.1, 0.15) is 5.82 Å². The second-order valence-corrected chi connectivity index (χ2v) is 4.76. The quantitative estimate of drug-likeness (QED) is 0.837. The van der Waals surface area contributed by atoms with E-state index in [9.17, 15) is 14.0 Å². The lowest BCUT2D eigenvalue weighted by molar-refractivity contribution is -0.139. The van der Waals surface area contributed by atoms with Crippen LogP contribution in [-0.2, 0) is 9.53 Å². The van der Waals surface area contributed by atoms with Crippen LogP contribution in [0.15, 0.2) is 35.5 Å². The molecular formula is C15H17FN2O3. The molecule has 0 fully saturated rings. The van der Waals surface area contributed by atoms with Crippen LogP contribution in [0.2, 0.25) is 0 Å². The van der Waals surface area contributed by atoms with Gasteiger partial charge in [0.15, 0.2) is 0 Å². The molecule has 1 aromatic carbocycles. The van der Waals surface area contributed by atoms with Crippen molar-refractivity contribution >= 4 is 12.0 Å². The molecule has 0 saturated carbocycles. The Labute approximate surface area is 122 Å². The van der Waals surface area contributed by atoms with Crippen LogP contribution in [0, 0.1) is 5.82 Å². The summed E-state index contributed by atoms with van der Waals surface area (Å²) < 4.78 is 18.2. The van der Waals surface area contributed by atoms with Crippen molar-refractivity contribution < 1.29 is 18.7 Å². The summed E-state index contributed by atoms with van der Waals surface area (Å²) in [5.74, 6) is -0.869. The van der Waals surface area contributed by atoms with E-state index in [0.717, 1.165) is 0 Å². The van der Waals surface area contributed by atoms with Crippen LogP contribution < -0.4 is 10.6 Å². The fraction of sp³-hybridized carbons (Fsp3) is 0.333. The minimum Gasteiger partial charge on any atom is -0.462 e. The summed E-state index contributed by atoms with van der Waals surface area (Å²) in [6.45, 7) is 3.84. The summed E-state index contributed by atoms with van der Waals surface area (Å²) in [5, 5.41) is 5.21. The zero-order valence-electron chi connectivity index (χ0n) is 11.9. The number of hydrogen-bond donors (Lipinski definition) is 2. The lowest BCUT2D eigenvalue weighted by Gasteiger charge is -2.28. The summed E-state index contributed by atoms with van der Waals surface area (Å²) in [4.78, 5) is 23.8. The number of amides is 2. The first-order valence-corrected chi connectivity index (χ1v) is 6.73. The Morgan fingerprint density at radius 3 is 2.62 bits per heavy atom. The van der Waals surface area contributed by atoms with Crippen LogP contribution in [0.1, 0.15) is 31.9 Å². The number of carbonyl (C=O) groups excluding carboxylic acids is 2. The van der Waals surface area contributed by atoms with E-state index in [2.05, 4.69) is 10.6 Å². The minimum atomic E-state index is -0.649. The normalized spacial score (nSPS) is 18.0. The third kappa shape index (κ3) is 3.39. The van der Waals surface area contributed by atoms with Crippen LogP contribution in [0.5, 0.6) is 0 Å². The molecule has 1 unspecified atom stereocenters. The number of carbonyl (C=O) groups is 2. The van der Waals surface area contributed by atoms with Gasteiger partial charge < -0.3 is 15.4 Å². The van der Waals surface area contributed by atoms with Gasteiger partial charge in [-0.3, -0.25) is 0 Å². The fourth-order valence-electron chi connectivity index (χ4n) is 2.14. The zero-order chi connectivity index (χ0) is 15.4. The van der Waals surface area contributed by atoms with E-state index in [0.29, 0.717) is 29.9 Å². The second kappa shape index (κ2) is 6.39. The number of halogens is 1. The first-order chi connectivity index (χ1) is 10.0. The summed E-state index contributed by atoms with van der Waals surface area (Å²) in [5.41, 5.74) is 1.39. The van der Waals surface area contributed by atoms with Gasteiger partial charge in [0.2, 0.25) is 0 Å². The molecule has 2 rings (SSSR count). The molecular weight excluding hydrogens is 275 g/mol. The fourth-order valence-corrected chi connectivity index (χ4v) is 2.14. The smallest absolute Gasteiger partial charge is 0.338 e. The van der Waals surface area contributed by atoms with Crippen LogP contribution in [-0.4, -0.2) is 18.6 Å². The maximum Gasteiger partial charge on any atom is 0.338 e. The van der Waals surface area contributed by atoms with Gasteiger partial charge in [-0.25, -0.2) is 14.0 Å². The number of nitrogens with one attached hydrogen (secondary N) is 2. The third-order valence-corrected chi connectivity index (χ3v) is 3.13. The van der Waals surface area contributed by atoms with Gasteiger partial charge in [-0.15, -0.1) is 0 Å². The molecule has 112 valence electrons. The number of hydrogen-bond acceptors (Lipinski definition) is 3. The second-order valence-electron chi connectivity index (χ2n) is 4.76. The van der Waals surface area contributed by atoms with Crippen LogP contribution in [0.4, 0.5) is 9.18 Å². The molecule has 6 heteroatoms. The Kier molecular flexibility index (Phi) is 4.57. The summed E-state index contributed by atoms with van der Waals surface area (Å²) in [6, 6.07) is 4.58.